The highest BCUT2D eigenvalue weighted by Gasteiger charge is 2.40. The van der Waals surface area contributed by atoms with Crippen LogP contribution in [-0.2, 0) is 9.53 Å². The first kappa shape index (κ1) is 19.3. The van der Waals surface area contributed by atoms with E-state index in [0.29, 0.717) is 24.1 Å². The Kier molecular flexibility index (Phi) is 6.08. The summed E-state index contributed by atoms with van der Waals surface area (Å²) in [6.45, 7) is 3.83. The van der Waals surface area contributed by atoms with Crippen LogP contribution >= 0.6 is 0 Å². The molecule has 3 rings (SSSR count). The van der Waals surface area contributed by atoms with E-state index in [0.717, 1.165) is 31.5 Å². The van der Waals surface area contributed by atoms with Crippen molar-refractivity contribution in [3.05, 3.63) is 30.2 Å². The molecule has 1 amide bonds. The van der Waals surface area contributed by atoms with Gasteiger partial charge < -0.3 is 24.6 Å². The van der Waals surface area contributed by atoms with Crippen molar-refractivity contribution < 1.29 is 18.8 Å². The first-order chi connectivity index (χ1) is 13.1. The third-order valence-corrected chi connectivity index (χ3v) is 4.95. The topological polar surface area (TPSA) is 98.5 Å². The fraction of sp³-hybridized carbons (Fsp3) is 0.526. The van der Waals surface area contributed by atoms with E-state index in [1.165, 1.54) is 0 Å². The van der Waals surface area contributed by atoms with E-state index < -0.39 is 11.5 Å². The maximum Gasteiger partial charge on any atom is 0.249 e. The van der Waals surface area contributed by atoms with Gasteiger partial charge in [0.25, 0.3) is 0 Å². The monoisotopic (exact) mass is 374 g/mol. The van der Waals surface area contributed by atoms with Gasteiger partial charge in [0.05, 0.1) is 19.1 Å². The summed E-state index contributed by atoms with van der Waals surface area (Å²) in [5, 5.41) is 10.3. The van der Waals surface area contributed by atoms with E-state index in [1.807, 2.05) is 31.2 Å². The summed E-state index contributed by atoms with van der Waals surface area (Å²) in [7, 11) is 3.23. The molecule has 0 aliphatic carbocycles. The second-order valence-electron chi connectivity index (χ2n) is 6.85. The second kappa shape index (κ2) is 8.49. The van der Waals surface area contributed by atoms with Crippen molar-refractivity contribution in [2.45, 2.75) is 25.8 Å². The van der Waals surface area contributed by atoms with E-state index >= 15 is 0 Å². The average Bonchev–Trinajstić information content (AvgIpc) is 3.19. The molecule has 27 heavy (non-hydrogen) atoms. The van der Waals surface area contributed by atoms with Crippen LogP contribution in [0, 0.1) is 5.41 Å². The summed E-state index contributed by atoms with van der Waals surface area (Å²) >= 11 is 0. The number of benzene rings is 1. The highest BCUT2D eigenvalue weighted by Crippen LogP contribution is 2.30. The fourth-order valence-corrected chi connectivity index (χ4v) is 3.32. The lowest BCUT2D eigenvalue weighted by Crippen LogP contribution is -2.50. The highest BCUT2D eigenvalue weighted by molar-refractivity contribution is 5.83. The smallest absolute Gasteiger partial charge is 0.249 e. The molecule has 2 N–H and O–H groups in total. The quantitative estimate of drug-likeness (QED) is 0.764. The molecule has 0 radical (unpaired) electrons. The molecule has 146 valence electrons. The standard InChI is InChI=1S/C19H26N4O4/c1-13(21-18(24)19(12-25-2)7-9-20-10-8-19)17-22-16(23-27-17)14-5-4-6-15(11-14)26-3/h4-6,11,13,20H,7-10,12H2,1-3H3,(H,21,24). The zero-order chi connectivity index (χ0) is 19.3. The van der Waals surface area contributed by atoms with Gasteiger partial charge in [-0.05, 0) is 45.0 Å². The molecule has 1 fully saturated rings. The Hall–Kier alpha value is -2.45. The lowest BCUT2D eigenvalue weighted by atomic mass is 9.78. The largest absolute Gasteiger partial charge is 0.497 e. The number of hydrogen-bond donors (Lipinski definition) is 2. The van der Waals surface area contributed by atoms with E-state index in [4.69, 9.17) is 14.0 Å². The number of rotatable bonds is 7. The van der Waals surface area contributed by atoms with Crippen LogP contribution < -0.4 is 15.4 Å². The molecule has 1 atom stereocenters. The lowest BCUT2D eigenvalue weighted by Gasteiger charge is -2.36. The molecule has 2 aromatic rings. The molecule has 1 aromatic heterocycles. The average molecular weight is 374 g/mol. The van der Waals surface area contributed by atoms with Gasteiger partial charge in [0.15, 0.2) is 0 Å². The third kappa shape index (κ3) is 4.28. The number of hydrogen-bond acceptors (Lipinski definition) is 7. The summed E-state index contributed by atoms with van der Waals surface area (Å²) in [5.74, 6) is 1.49. The molecule has 0 spiro atoms. The number of aromatic nitrogens is 2. The highest BCUT2D eigenvalue weighted by atomic mass is 16.5. The van der Waals surface area contributed by atoms with Crippen LogP contribution in [0.5, 0.6) is 5.75 Å². The zero-order valence-corrected chi connectivity index (χ0v) is 15.9. The number of carbonyl (C=O) groups is 1. The van der Waals surface area contributed by atoms with Crippen molar-refractivity contribution in [3.8, 4) is 17.1 Å². The molecule has 1 saturated heterocycles. The van der Waals surface area contributed by atoms with Gasteiger partial charge >= 0.3 is 0 Å². The van der Waals surface area contributed by atoms with Crippen molar-refractivity contribution in [3.63, 3.8) is 0 Å². The minimum atomic E-state index is -0.524. The number of amides is 1. The minimum Gasteiger partial charge on any atom is -0.497 e. The van der Waals surface area contributed by atoms with Gasteiger partial charge in [-0.1, -0.05) is 17.3 Å². The Labute approximate surface area is 158 Å². The molecular formula is C19H26N4O4. The van der Waals surface area contributed by atoms with E-state index in [2.05, 4.69) is 20.8 Å². The van der Waals surface area contributed by atoms with Gasteiger partial charge in [-0.15, -0.1) is 0 Å². The van der Waals surface area contributed by atoms with Gasteiger partial charge in [0.2, 0.25) is 17.6 Å². The summed E-state index contributed by atoms with van der Waals surface area (Å²) in [6.07, 6.45) is 1.47. The normalized spacial score (nSPS) is 17.3. The third-order valence-electron chi connectivity index (χ3n) is 4.95. The van der Waals surface area contributed by atoms with Gasteiger partial charge in [-0.2, -0.15) is 4.98 Å². The van der Waals surface area contributed by atoms with Crippen molar-refractivity contribution >= 4 is 5.91 Å². The van der Waals surface area contributed by atoms with Gasteiger partial charge in [-0.25, -0.2) is 0 Å². The van der Waals surface area contributed by atoms with E-state index in [1.54, 1.807) is 14.2 Å². The fourth-order valence-electron chi connectivity index (χ4n) is 3.32. The molecule has 0 saturated carbocycles. The van der Waals surface area contributed by atoms with Crippen LogP contribution in [0.15, 0.2) is 28.8 Å². The molecule has 8 heteroatoms. The Morgan fingerprint density at radius 3 is 2.85 bits per heavy atom. The van der Waals surface area contributed by atoms with Crippen molar-refractivity contribution in [2.24, 2.45) is 5.41 Å². The van der Waals surface area contributed by atoms with Crippen LogP contribution in [0.25, 0.3) is 11.4 Å². The number of nitrogens with one attached hydrogen (secondary N) is 2. The maximum absolute atomic E-state index is 12.9. The summed E-state index contributed by atoms with van der Waals surface area (Å²) in [5.41, 5.74) is 0.265. The molecule has 2 heterocycles. The Morgan fingerprint density at radius 2 is 2.15 bits per heavy atom. The van der Waals surface area contributed by atoms with Gasteiger partial charge in [-0.3, -0.25) is 4.79 Å². The van der Waals surface area contributed by atoms with Crippen molar-refractivity contribution in [1.82, 2.24) is 20.8 Å². The minimum absolute atomic E-state index is 0.0421. The second-order valence-corrected chi connectivity index (χ2v) is 6.85. The molecule has 8 nitrogen and oxygen atoms in total. The number of carbonyl (C=O) groups excluding carboxylic acids is 1. The summed E-state index contributed by atoms with van der Waals surface area (Å²) < 4.78 is 15.9. The van der Waals surface area contributed by atoms with E-state index in [9.17, 15) is 4.79 Å². The number of ether oxygens (including phenoxy) is 2. The summed E-state index contributed by atoms with van der Waals surface area (Å²) in [4.78, 5) is 17.4. The summed E-state index contributed by atoms with van der Waals surface area (Å²) in [6, 6.07) is 7.03. The Bertz CT molecular complexity index is 765. The van der Waals surface area contributed by atoms with Gasteiger partial charge in [0, 0.05) is 12.7 Å². The predicted molar refractivity (Wildman–Crippen MR) is 99.3 cm³/mol. The Balaban J connectivity index is 1.71. The molecule has 1 unspecified atom stereocenters. The first-order valence-corrected chi connectivity index (χ1v) is 9.06. The van der Waals surface area contributed by atoms with Crippen molar-refractivity contribution in [2.75, 3.05) is 33.9 Å². The van der Waals surface area contributed by atoms with E-state index in [-0.39, 0.29) is 5.91 Å². The molecule has 1 aromatic carbocycles. The van der Waals surface area contributed by atoms with Crippen LogP contribution in [0.3, 0.4) is 0 Å². The molecule has 1 aliphatic rings. The predicted octanol–water partition coefficient (Wildman–Crippen LogP) is 1.94. The number of nitrogens with zero attached hydrogens (tertiary/aromatic N) is 2. The molecule has 0 bridgehead atoms. The van der Waals surface area contributed by atoms with Crippen LogP contribution in [0.2, 0.25) is 0 Å². The van der Waals surface area contributed by atoms with Crippen molar-refractivity contribution in [1.29, 1.82) is 0 Å². The zero-order valence-electron chi connectivity index (χ0n) is 15.9. The van der Waals surface area contributed by atoms with Crippen LogP contribution in [-0.4, -0.2) is 50.0 Å². The SMILES string of the molecule is COCC1(C(=O)NC(C)c2nc(-c3cccc(OC)c3)no2)CCNCC1. The molecule has 1 aliphatic heterocycles. The maximum atomic E-state index is 12.9. The number of piperidine rings is 1. The molecular weight excluding hydrogens is 348 g/mol. The lowest BCUT2D eigenvalue weighted by molar-refractivity contribution is -0.137. The van der Waals surface area contributed by atoms with Crippen LogP contribution in [0.1, 0.15) is 31.7 Å². The first-order valence-electron chi connectivity index (χ1n) is 9.06. The number of methoxy groups -OCH3 is 2. The van der Waals surface area contributed by atoms with Crippen LogP contribution in [0.4, 0.5) is 0 Å². The Morgan fingerprint density at radius 1 is 1.37 bits per heavy atom. The van der Waals surface area contributed by atoms with Gasteiger partial charge in [0.1, 0.15) is 11.8 Å².